The molecule has 1 aromatic heterocycles. The Hall–Kier alpha value is -3.04. The van der Waals surface area contributed by atoms with Crippen LogP contribution in [0.25, 0.3) is 11.4 Å². The van der Waals surface area contributed by atoms with Crippen LogP contribution in [0.5, 0.6) is 0 Å². The van der Waals surface area contributed by atoms with Gasteiger partial charge in [-0.3, -0.25) is 4.79 Å². The van der Waals surface area contributed by atoms with Crippen molar-refractivity contribution in [3.8, 4) is 11.4 Å². The van der Waals surface area contributed by atoms with Crippen molar-refractivity contribution in [2.45, 2.75) is 32.6 Å². The fourth-order valence-corrected chi connectivity index (χ4v) is 4.00. The smallest absolute Gasteiger partial charge is 0.241 e. The highest BCUT2D eigenvalue weighted by atomic mass is 32.2. The molecule has 0 saturated carbocycles. The van der Waals surface area contributed by atoms with Crippen LogP contribution in [0, 0.1) is 27.7 Å². The highest BCUT2D eigenvalue weighted by molar-refractivity contribution is 7.89. The van der Waals surface area contributed by atoms with Crippen LogP contribution in [0.2, 0.25) is 0 Å². The molecule has 0 unspecified atom stereocenters. The summed E-state index contributed by atoms with van der Waals surface area (Å²) in [5.41, 5.74) is 3.59. The predicted octanol–water partition coefficient (Wildman–Crippen LogP) is 2.89. The van der Waals surface area contributed by atoms with Crippen molar-refractivity contribution < 1.29 is 17.7 Å². The Morgan fingerprint density at radius 3 is 2.45 bits per heavy atom. The Labute approximate surface area is 169 Å². The summed E-state index contributed by atoms with van der Waals surface area (Å²) in [5.74, 6) is 0.225. The zero-order chi connectivity index (χ0) is 21.2. The molecule has 0 atom stereocenters. The molecule has 3 rings (SSSR count). The zero-order valence-electron chi connectivity index (χ0n) is 16.6. The summed E-state index contributed by atoms with van der Waals surface area (Å²) < 4.78 is 32.8. The molecular weight excluding hydrogens is 392 g/mol. The van der Waals surface area contributed by atoms with Gasteiger partial charge in [-0.1, -0.05) is 29.4 Å². The number of carbonyl (C=O) groups is 1. The number of anilines is 1. The lowest BCUT2D eigenvalue weighted by Crippen LogP contribution is -2.33. The van der Waals surface area contributed by atoms with Gasteiger partial charge >= 0.3 is 0 Å². The Morgan fingerprint density at radius 1 is 1.03 bits per heavy atom. The van der Waals surface area contributed by atoms with E-state index in [-0.39, 0.29) is 11.4 Å². The second kappa shape index (κ2) is 8.14. The van der Waals surface area contributed by atoms with Crippen LogP contribution >= 0.6 is 0 Å². The Balaban J connectivity index is 1.75. The summed E-state index contributed by atoms with van der Waals surface area (Å²) in [6.07, 6.45) is 0. The molecule has 2 N–H and O–H groups in total. The van der Waals surface area contributed by atoms with Gasteiger partial charge in [0.15, 0.2) is 0 Å². The maximum atomic E-state index is 12.8. The fraction of sp³-hybridized carbons (Fsp3) is 0.250. The number of hydrogen-bond acceptors (Lipinski definition) is 6. The molecule has 8 nitrogen and oxygen atoms in total. The van der Waals surface area contributed by atoms with E-state index in [1.54, 1.807) is 26.0 Å². The molecule has 0 aliphatic heterocycles. The van der Waals surface area contributed by atoms with Crippen LogP contribution < -0.4 is 10.0 Å². The number of nitrogens with one attached hydrogen (secondary N) is 2. The molecule has 0 bridgehead atoms. The van der Waals surface area contributed by atoms with E-state index in [1.807, 2.05) is 32.0 Å². The first-order valence-corrected chi connectivity index (χ1v) is 10.4. The minimum Gasteiger partial charge on any atom is -0.339 e. The molecule has 3 aromatic rings. The third-order valence-electron chi connectivity index (χ3n) is 4.35. The number of aromatic nitrogens is 2. The molecule has 0 saturated heterocycles. The minimum absolute atomic E-state index is 0.0528. The van der Waals surface area contributed by atoms with E-state index in [0.29, 0.717) is 28.5 Å². The quantitative estimate of drug-likeness (QED) is 0.641. The van der Waals surface area contributed by atoms with Crippen molar-refractivity contribution in [2.24, 2.45) is 0 Å². The van der Waals surface area contributed by atoms with Gasteiger partial charge in [-0.15, -0.1) is 0 Å². The molecular formula is C20H22N4O4S. The molecule has 0 radical (unpaired) electrons. The second-order valence-electron chi connectivity index (χ2n) is 6.81. The van der Waals surface area contributed by atoms with Crippen molar-refractivity contribution in [1.29, 1.82) is 0 Å². The summed E-state index contributed by atoms with van der Waals surface area (Å²) in [4.78, 5) is 16.4. The predicted molar refractivity (Wildman–Crippen MR) is 109 cm³/mol. The molecule has 2 aromatic carbocycles. The molecule has 1 heterocycles. The van der Waals surface area contributed by atoms with E-state index in [2.05, 4.69) is 20.2 Å². The van der Waals surface area contributed by atoms with Crippen LogP contribution in [-0.2, 0) is 14.8 Å². The van der Waals surface area contributed by atoms with Crippen LogP contribution in [-0.4, -0.2) is 31.0 Å². The molecule has 0 aliphatic carbocycles. The lowest BCUT2D eigenvalue weighted by molar-refractivity contribution is -0.115. The number of benzene rings is 2. The summed E-state index contributed by atoms with van der Waals surface area (Å²) in [6, 6.07) is 10.5. The number of carbonyl (C=O) groups excluding carboxylic acids is 1. The van der Waals surface area contributed by atoms with Crippen molar-refractivity contribution in [1.82, 2.24) is 14.9 Å². The van der Waals surface area contributed by atoms with Crippen molar-refractivity contribution in [3.63, 3.8) is 0 Å². The van der Waals surface area contributed by atoms with Gasteiger partial charge in [0, 0.05) is 18.2 Å². The van der Waals surface area contributed by atoms with E-state index in [1.165, 1.54) is 6.07 Å². The molecule has 1 amide bonds. The van der Waals surface area contributed by atoms with Gasteiger partial charge in [0.2, 0.25) is 27.6 Å². The van der Waals surface area contributed by atoms with Crippen molar-refractivity contribution >= 4 is 21.6 Å². The number of hydrogen-bond donors (Lipinski definition) is 2. The van der Waals surface area contributed by atoms with Gasteiger partial charge in [0.05, 0.1) is 11.4 Å². The van der Waals surface area contributed by atoms with Gasteiger partial charge < -0.3 is 9.84 Å². The fourth-order valence-electron chi connectivity index (χ4n) is 2.75. The monoisotopic (exact) mass is 414 g/mol. The third kappa shape index (κ3) is 4.87. The maximum Gasteiger partial charge on any atom is 0.241 e. The van der Waals surface area contributed by atoms with Gasteiger partial charge in [-0.25, -0.2) is 13.1 Å². The van der Waals surface area contributed by atoms with Crippen LogP contribution in [0.1, 0.15) is 22.6 Å². The van der Waals surface area contributed by atoms with E-state index in [4.69, 9.17) is 4.52 Å². The van der Waals surface area contributed by atoms with Gasteiger partial charge in [0.25, 0.3) is 0 Å². The Morgan fingerprint density at radius 2 is 1.76 bits per heavy atom. The molecule has 29 heavy (non-hydrogen) atoms. The molecule has 0 aliphatic rings. The topological polar surface area (TPSA) is 114 Å². The summed E-state index contributed by atoms with van der Waals surface area (Å²) in [6.45, 7) is 6.72. The lowest BCUT2D eigenvalue weighted by Gasteiger charge is -2.12. The zero-order valence-corrected chi connectivity index (χ0v) is 17.4. The van der Waals surface area contributed by atoms with Gasteiger partial charge in [-0.2, -0.15) is 4.98 Å². The summed E-state index contributed by atoms with van der Waals surface area (Å²) in [7, 11) is -3.92. The number of aryl methyl sites for hydroxylation is 4. The number of nitrogens with zero attached hydrogens (tertiary/aromatic N) is 2. The Bertz CT molecular complexity index is 1170. The molecule has 0 fully saturated rings. The number of rotatable bonds is 6. The standard InChI is InChI=1S/C20H22N4O4S/c1-12-5-6-13(2)17(9-12)23-19(25)11-21-29(26,27)18-10-16(8-7-14(18)3)20-22-15(4)28-24-20/h5-10,21H,11H2,1-4H3,(H,23,25). The highest BCUT2D eigenvalue weighted by Crippen LogP contribution is 2.23. The van der Waals surface area contributed by atoms with E-state index >= 15 is 0 Å². The summed E-state index contributed by atoms with van der Waals surface area (Å²) >= 11 is 0. The van der Waals surface area contributed by atoms with Gasteiger partial charge in [0.1, 0.15) is 0 Å². The van der Waals surface area contributed by atoms with Crippen molar-refractivity contribution in [2.75, 3.05) is 11.9 Å². The average molecular weight is 414 g/mol. The second-order valence-corrected chi connectivity index (χ2v) is 8.54. The SMILES string of the molecule is Cc1ccc(C)c(NC(=O)CNS(=O)(=O)c2cc(-c3noc(C)n3)ccc2C)c1. The van der Waals surface area contributed by atoms with Crippen molar-refractivity contribution in [3.05, 3.63) is 59.0 Å². The first-order valence-electron chi connectivity index (χ1n) is 8.94. The normalized spacial score (nSPS) is 11.4. The molecule has 0 spiro atoms. The summed E-state index contributed by atoms with van der Waals surface area (Å²) in [5, 5.41) is 6.54. The van der Waals surface area contributed by atoms with E-state index in [0.717, 1.165) is 11.1 Å². The largest absolute Gasteiger partial charge is 0.339 e. The first-order chi connectivity index (χ1) is 13.7. The third-order valence-corrected chi connectivity index (χ3v) is 5.90. The average Bonchev–Trinajstić information content (AvgIpc) is 3.10. The molecule has 152 valence electrons. The first kappa shape index (κ1) is 20.7. The Kier molecular flexibility index (Phi) is 5.81. The van der Waals surface area contributed by atoms with E-state index in [9.17, 15) is 13.2 Å². The highest BCUT2D eigenvalue weighted by Gasteiger charge is 2.20. The van der Waals surface area contributed by atoms with E-state index < -0.39 is 15.9 Å². The maximum absolute atomic E-state index is 12.8. The van der Waals surface area contributed by atoms with Crippen LogP contribution in [0.4, 0.5) is 5.69 Å². The van der Waals surface area contributed by atoms with Crippen LogP contribution in [0.15, 0.2) is 45.8 Å². The number of amides is 1. The van der Waals surface area contributed by atoms with Crippen LogP contribution in [0.3, 0.4) is 0 Å². The van der Waals surface area contributed by atoms with Gasteiger partial charge in [-0.05, 0) is 49.6 Å². The lowest BCUT2D eigenvalue weighted by atomic mass is 10.1. The minimum atomic E-state index is -3.92. The molecule has 9 heteroatoms. The number of sulfonamides is 1.